The quantitative estimate of drug-likeness (QED) is 0.572. The minimum Gasteiger partial charge on any atom is -0.469 e. The van der Waals surface area contributed by atoms with Crippen molar-refractivity contribution >= 4 is 23.7 Å². The van der Waals surface area contributed by atoms with Gasteiger partial charge in [-0.1, -0.05) is 25.1 Å². The maximum absolute atomic E-state index is 12.1. The molecule has 0 aliphatic rings. The highest BCUT2D eigenvalue weighted by atomic mass is 32.2. The maximum atomic E-state index is 12.1. The molecule has 4 nitrogen and oxygen atoms in total. The number of carbonyl (C=O) groups excluding carboxylic acids is 2. The van der Waals surface area contributed by atoms with E-state index >= 15 is 0 Å². The van der Waals surface area contributed by atoms with Crippen LogP contribution in [0.3, 0.4) is 0 Å². The number of methoxy groups -OCH3 is 1. The normalized spacial score (nSPS) is 13.3. The van der Waals surface area contributed by atoms with Crippen molar-refractivity contribution in [3.05, 3.63) is 30.3 Å². The van der Waals surface area contributed by atoms with Gasteiger partial charge >= 0.3 is 11.9 Å². The summed E-state index contributed by atoms with van der Waals surface area (Å²) in [6.07, 6.45) is 0.524. The van der Waals surface area contributed by atoms with Crippen LogP contribution in [0, 0.1) is 5.92 Å². The molecule has 0 saturated carbocycles. The average molecular weight is 296 g/mol. The van der Waals surface area contributed by atoms with E-state index in [4.69, 9.17) is 9.47 Å². The average Bonchev–Trinajstić information content (AvgIpc) is 2.48. The van der Waals surface area contributed by atoms with Crippen molar-refractivity contribution < 1.29 is 19.1 Å². The van der Waals surface area contributed by atoms with Gasteiger partial charge in [0.15, 0.2) is 0 Å². The topological polar surface area (TPSA) is 52.6 Å². The van der Waals surface area contributed by atoms with Crippen LogP contribution in [0.2, 0.25) is 0 Å². The van der Waals surface area contributed by atoms with E-state index in [2.05, 4.69) is 0 Å². The standard InChI is InChI=1S/C15H20O4S/c1-4-12(14(16)18-3)13(15(17)19-5-2)20-11-9-7-6-8-10-11/h6-10,12-13H,4-5H2,1-3H3/t12-,13-/m0/s1. The van der Waals surface area contributed by atoms with Crippen LogP contribution in [0.4, 0.5) is 0 Å². The predicted molar refractivity (Wildman–Crippen MR) is 78.5 cm³/mol. The Morgan fingerprint density at radius 1 is 1.15 bits per heavy atom. The van der Waals surface area contributed by atoms with Gasteiger partial charge in [0.1, 0.15) is 5.25 Å². The van der Waals surface area contributed by atoms with E-state index in [9.17, 15) is 9.59 Å². The van der Waals surface area contributed by atoms with Gasteiger partial charge in [-0.05, 0) is 25.5 Å². The van der Waals surface area contributed by atoms with Crippen LogP contribution < -0.4 is 0 Å². The fourth-order valence-electron chi connectivity index (χ4n) is 1.82. The summed E-state index contributed by atoms with van der Waals surface area (Å²) in [5.41, 5.74) is 0. The third-order valence-electron chi connectivity index (χ3n) is 2.83. The zero-order valence-corrected chi connectivity index (χ0v) is 12.8. The zero-order valence-electron chi connectivity index (χ0n) is 12.0. The van der Waals surface area contributed by atoms with Gasteiger partial charge in [0.05, 0.1) is 19.6 Å². The molecule has 1 rings (SSSR count). The Bertz CT molecular complexity index is 433. The minimum absolute atomic E-state index is 0.294. The van der Waals surface area contributed by atoms with E-state index in [-0.39, 0.29) is 11.9 Å². The molecule has 0 unspecified atom stereocenters. The van der Waals surface area contributed by atoms with E-state index in [0.29, 0.717) is 13.0 Å². The van der Waals surface area contributed by atoms with Gasteiger partial charge in [-0.25, -0.2) is 0 Å². The van der Waals surface area contributed by atoms with Gasteiger partial charge in [-0.2, -0.15) is 0 Å². The fourth-order valence-corrected chi connectivity index (χ4v) is 3.06. The summed E-state index contributed by atoms with van der Waals surface area (Å²) < 4.78 is 9.88. The Kier molecular flexibility index (Phi) is 7.15. The number of hydrogen-bond acceptors (Lipinski definition) is 5. The lowest BCUT2D eigenvalue weighted by molar-refractivity contribution is -0.152. The maximum Gasteiger partial charge on any atom is 0.320 e. The van der Waals surface area contributed by atoms with Crippen molar-refractivity contribution in [2.45, 2.75) is 30.4 Å². The van der Waals surface area contributed by atoms with Gasteiger partial charge in [-0.3, -0.25) is 9.59 Å². The predicted octanol–water partition coefficient (Wildman–Crippen LogP) is 2.91. The zero-order chi connectivity index (χ0) is 15.0. The summed E-state index contributed by atoms with van der Waals surface area (Å²) in [6, 6.07) is 9.50. The SMILES string of the molecule is CCOC(=O)[C@@H](Sc1ccccc1)[C@H](CC)C(=O)OC. The highest BCUT2D eigenvalue weighted by Gasteiger charge is 2.35. The van der Waals surface area contributed by atoms with Crippen LogP contribution >= 0.6 is 11.8 Å². The molecule has 0 saturated heterocycles. The van der Waals surface area contributed by atoms with Crippen molar-refractivity contribution in [2.75, 3.05) is 13.7 Å². The molecule has 0 aliphatic heterocycles. The summed E-state index contributed by atoms with van der Waals surface area (Å²) in [4.78, 5) is 24.9. The van der Waals surface area contributed by atoms with Crippen LogP contribution in [-0.4, -0.2) is 30.9 Å². The lowest BCUT2D eigenvalue weighted by atomic mass is 10.0. The number of benzene rings is 1. The minimum atomic E-state index is -0.588. The molecule has 1 aromatic rings. The van der Waals surface area contributed by atoms with Gasteiger partial charge in [0.2, 0.25) is 0 Å². The van der Waals surface area contributed by atoms with Crippen molar-refractivity contribution in [2.24, 2.45) is 5.92 Å². The lowest BCUT2D eigenvalue weighted by Crippen LogP contribution is -2.34. The smallest absolute Gasteiger partial charge is 0.320 e. The second-order valence-corrected chi connectivity index (χ2v) is 5.36. The van der Waals surface area contributed by atoms with E-state index in [0.717, 1.165) is 4.90 Å². The van der Waals surface area contributed by atoms with Crippen molar-refractivity contribution in [1.29, 1.82) is 0 Å². The summed E-state index contributed by atoms with van der Waals surface area (Å²) in [6.45, 7) is 3.91. The molecule has 2 atom stereocenters. The van der Waals surface area contributed by atoms with E-state index in [1.165, 1.54) is 18.9 Å². The van der Waals surface area contributed by atoms with Crippen molar-refractivity contribution in [3.63, 3.8) is 0 Å². The Labute approximate surface area is 123 Å². The molecule has 0 heterocycles. The highest BCUT2D eigenvalue weighted by molar-refractivity contribution is 8.00. The molecule has 0 aliphatic carbocycles. The molecular weight excluding hydrogens is 276 g/mol. The molecule has 0 spiro atoms. The molecule has 0 bridgehead atoms. The molecule has 20 heavy (non-hydrogen) atoms. The Morgan fingerprint density at radius 3 is 2.30 bits per heavy atom. The molecule has 0 N–H and O–H groups in total. The summed E-state index contributed by atoms with van der Waals surface area (Å²) in [5.74, 6) is -1.27. The van der Waals surface area contributed by atoms with E-state index in [1.54, 1.807) is 6.92 Å². The summed E-state index contributed by atoms with van der Waals surface area (Å²) in [5, 5.41) is -0.588. The number of carbonyl (C=O) groups is 2. The third-order valence-corrected chi connectivity index (χ3v) is 4.15. The molecule has 1 aromatic carbocycles. The first-order valence-electron chi connectivity index (χ1n) is 6.60. The number of hydrogen-bond donors (Lipinski definition) is 0. The van der Waals surface area contributed by atoms with Gasteiger partial charge < -0.3 is 9.47 Å². The fraction of sp³-hybridized carbons (Fsp3) is 0.467. The first-order chi connectivity index (χ1) is 9.63. The number of rotatable bonds is 7. The number of ether oxygens (including phenoxy) is 2. The molecule has 0 amide bonds. The second kappa shape index (κ2) is 8.64. The summed E-state index contributed by atoms with van der Waals surface area (Å²) >= 11 is 1.34. The third kappa shape index (κ3) is 4.56. The highest BCUT2D eigenvalue weighted by Crippen LogP contribution is 2.31. The van der Waals surface area contributed by atoms with Gasteiger partial charge in [-0.15, -0.1) is 11.8 Å². The van der Waals surface area contributed by atoms with Crippen molar-refractivity contribution in [1.82, 2.24) is 0 Å². The van der Waals surface area contributed by atoms with E-state index in [1.807, 2.05) is 37.3 Å². The van der Waals surface area contributed by atoms with Crippen LogP contribution in [0.25, 0.3) is 0 Å². The molecule has 0 radical (unpaired) electrons. The van der Waals surface area contributed by atoms with Crippen molar-refractivity contribution in [3.8, 4) is 0 Å². The molecule has 0 fully saturated rings. The first-order valence-corrected chi connectivity index (χ1v) is 7.48. The molecular formula is C15H20O4S. The van der Waals surface area contributed by atoms with Crippen LogP contribution in [0.5, 0.6) is 0 Å². The lowest BCUT2D eigenvalue weighted by Gasteiger charge is -2.22. The van der Waals surface area contributed by atoms with Crippen LogP contribution in [0.15, 0.2) is 35.2 Å². The molecule has 5 heteroatoms. The molecule has 0 aromatic heterocycles. The van der Waals surface area contributed by atoms with Crippen LogP contribution in [-0.2, 0) is 19.1 Å². The van der Waals surface area contributed by atoms with Gasteiger partial charge in [0, 0.05) is 4.90 Å². The van der Waals surface area contributed by atoms with E-state index < -0.39 is 11.2 Å². The number of thioether (sulfide) groups is 1. The monoisotopic (exact) mass is 296 g/mol. The second-order valence-electron chi connectivity index (χ2n) is 4.14. The van der Waals surface area contributed by atoms with Crippen LogP contribution in [0.1, 0.15) is 20.3 Å². The molecule has 110 valence electrons. The first kappa shape index (κ1) is 16.6. The Balaban J connectivity index is 2.94. The Morgan fingerprint density at radius 2 is 1.80 bits per heavy atom. The Hall–Kier alpha value is -1.49. The van der Waals surface area contributed by atoms with Gasteiger partial charge in [0.25, 0.3) is 0 Å². The number of esters is 2. The largest absolute Gasteiger partial charge is 0.469 e. The summed E-state index contributed by atoms with van der Waals surface area (Å²) in [7, 11) is 1.33.